The third kappa shape index (κ3) is 5.81. The van der Waals surface area contributed by atoms with Crippen LogP contribution < -0.4 is 15.8 Å². The topological polar surface area (TPSA) is 108 Å². The van der Waals surface area contributed by atoms with Crippen molar-refractivity contribution < 1.29 is 23.9 Å². The maximum atomic E-state index is 12.5. The van der Waals surface area contributed by atoms with Crippen LogP contribution in [-0.4, -0.2) is 30.5 Å². The first-order chi connectivity index (χ1) is 13.7. The van der Waals surface area contributed by atoms with Crippen molar-refractivity contribution in [1.82, 2.24) is 0 Å². The molecule has 0 spiro atoms. The van der Waals surface area contributed by atoms with Gasteiger partial charge >= 0.3 is 5.97 Å². The van der Waals surface area contributed by atoms with Gasteiger partial charge in [0.15, 0.2) is 12.7 Å². The first kappa shape index (κ1) is 21.9. The normalized spacial score (nSPS) is 11.6. The number of carbonyl (C=O) groups is 3. The number of primary amides is 1. The second kappa shape index (κ2) is 9.73. The van der Waals surface area contributed by atoms with Crippen molar-refractivity contribution in [3.8, 4) is 5.75 Å². The number of carbonyl (C=O) groups excluding carboxylic acids is 3. The fourth-order valence-corrected chi connectivity index (χ4v) is 2.78. The number of nitrogens with two attached hydrogens (primary N) is 1. The molecule has 2 amide bonds. The molecule has 0 bridgehead atoms. The van der Waals surface area contributed by atoms with E-state index in [-0.39, 0.29) is 17.2 Å². The molecule has 7 nitrogen and oxygen atoms in total. The van der Waals surface area contributed by atoms with Crippen LogP contribution in [0.15, 0.2) is 42.5 Å². The van der Waals surface area contributed by atoms with Gasteiger partial charge in [0.25, 0.3) is 11.8 Å². The maximum absolute atomic E-state index is 12.5. The van der Waals surface area contributed by atoms with Gasteiger partial charge in [-0.1, -0.05) is 44.2 Å². The summed E-state index contributed by atoms with van der Waals surface area (Å²) in [7, 11) is 0. The van der Waals surface area contributed by atoms with Gasteiger partial charge in [-0.25, -0.2) is 4.79 Å². The summed E-state index contributed by atoms with van der Waals surface area (Å²) in [4.78, 5) is 35.9. The van der Waals surface area contributed by atoms with Crippen LogP contribution in [0.25, 0.3) is 0 Å². The molecule has 0 aromatic heterocycles. The molecule has 154 valence electrons. The lowest BCUT2D eigenvalue weighted by atomic mass is 9.98. The number of hydrogen-bond donors (Lipinski definition) is 2. The molecule has 0 unspecified atom stereocenters. The molecule has 2 aromatic rings. The zero-order valence-corrected chi connectivity index (χ0v) is 17.0. The van der Waals surface area contributed by atoms with Crippen LogP contribution in [0, 0.1) is 6.92 Å². The van der Waals surface area contributed by atoms with E-state index in [9.17, 15) is 14.4 Å². The Labute approximate surface area is 170 Å². The van der Waals surface area contributed by atoms with Crippen molar-refractivity contribution in [2.24, 2.45) is 5.73 Å². The number of nitrogens with one attached hydrogen (secondary N) is 1. The van der Waals surface area contributed by atoms with Crippen LogP contribution in [0.4, 0.5) is 5.69 Å². The molecule has 0 aliphatic rings. The van der Waals surface area contributed by atoms with Crippen LogP contribution >= 0.6 is 0 Å². The van der Waals surface area contributed by atoms with Crippen molar-refractivity contribution in [2.45, 2.75) is 39.7 Å². The highest BCUT2D eigenvalue weighted by atomic mass is 16.6. The molecule has 0 aliphatic heterocycles. The Kier molecular flexibility index (Phi) is 7.36. The van der Waals surface area contributed by atoms with E-state index >= 15 is 0 Å². The van der Waals surface area contributed by atoms with Gasteiger partial charge in [0, 0.05) is 5.69 Å². The molecule has 0 saturated carbocycles. The monoisotopic (exact) mass is 398 g/mol. The summed E-state index contributed by atoms with van der Waals surface area (Å²) < 4.78 is 10.5. The van der Waals surface area contributed by atoms with Gasteiger partial charge in [-0.15, -0.1) is 0 Å². The number of para-hydroxylation sites is 2. The van der Waals surface area contributed by atoms with Crippen molar-refractivity contribution >= 4 is 23.5 Å². The van der Waals surface area contributed by atoms with E-state index in [1.54, 1.807) is 12.1 Å². The molecule has 0 fully saturated rings. The van der Waals surface area contributed by atoms with E-state index in [0.29, 0.717) is 0 Å². The number of benzene rings is 2. The largest absolute Gasteiger partial charge is 0.481 e. The summed E-state index contributed by atoms with van der Waals surface area (Å²) in [5.41, 5.74) is 8.08. The number of esters is 1. The van der Waals surface area contributed by atoms with Crippen molar-refractivity contribution in [1.29, 1.82) is 0 Å². The minimum atomic E-state index is -1.02. The van der Waals surface area contributed by atoms with Gasteiger partial charge in [-0.2, -0.15) is 0 Å². The number of ether oxygens (including phenoxy) is 2. The molecular weight excluding hydrogens is 372 g/mol. The van der Waals surface area contributed by atoms with E-state index in [2.05, 4.69) is 5.32 Å². The SMILES string of the molecule is Cc1cccc(C(C)C)c1NC(=O)[C@H](C)OC(=O)COc1ccccc1C(N)=O. The van der Waals surface area contributed by atoms with E-state index in [1.807, 2.05) is 39.0 Å². The summed E-state index contributed by atoms with van der Waals surface area (Å²) in [5, 5.41) is 2.84. The van der Waals surface area contributed by atoms with E-state index in [4.69, 9.17) is 15.2 Å². The van der Waals surface area contributed by atoms with Crippen LogP contribution in [0.5, 0.6) is 5.75 Å². The van der Waals surface area contributed by atoms with Crippen molar-refractivity contribution in [3.05, 3.63) is 59.2 Å². The molecule has 29 heavy (non-hydrogen) atoms. The Morgan fingerprint density at radius 2 is 1.72 bits per heavy atom. The Morgan fingerprint density at radius 3 is 2.38 bits per heavy atom. The first-order valence-corrected chi connectivity index (χ1v) is 9.32. The molecule has 3 N–H and O–H groups in total. The second-order valence-electron chi connectivity index (χ2n) is 6.96. The number of rotatable bonds is 8. The van der Waals surface area contributed by atoms with Crippen molar-refractivity contribution in [3.63, 3.8) is 0 Å². The van der Waals surface area contributed by atoms with E-state index < -0.39 is 30.5 Å². The first-order valence-electron chi connectivity index (χ1n) is 9.32. The van der Waals surface area contributed by atoms with Crippen LogP contribution in [0.2, 0.25) is 0 Å². The number of amides is 2. The lowest BCUT2D eigenvalue weighted by Crippen LogP contribution is -2.32. The fraction of sp³-hybridized carbons (Fsp3) is 0.318. The van der Waals surface area contributed by atoms with E-state index in [1.165, 1.54) is 19.1 Å². The summed E-state index contributed by atoms with van der Waals surface area (Å²) >= 11 is 0. The predicted octanol–water partition coefficient (Wildman–Crippen LogP) is 3.17. The molecule has 7 heteroatoms. The van der Waals surface area contributed by atoms with Gasteiger partial charge in [-0.3, -0.25) is 9.59 Å². The van der Waals surface area contributed by atoms with E-state index in [0.717, 1.165) is 16.8 Å². The standard InChI is InChI=1S/C22H26N2O5/c1-13(2)16-10-7-8-14(3)20(16)24-22(27)15(4)29-19(25)12-28-18-11-6-5-9-17(18)21(23)26/h5-11,13,15H,12H2,1-4H3,(H2,23,26)(H,24,27)/t15-/m0/s1. The van der Waals surface area contributed by atoms with Crippen LogP contribution in [0.3, 0.4) is 0 Å². The minimum Gasteiger partial charge on any atom is -0.481 e. The zero-order valence-electron chi connectivity index (χ0n) is 17.0. The van der Waals surface area contributed by atoms with Gasteiger partial charge in [0.05, 0.1) is 5.56 Å². The lowest BCUT2D eigenvalue weighted by Gasteiger charge is -2.19. The number of hydrogen-bond acceptors (Lipinski definition) is 5. The average Bonchev–Trinajstić information content (AvgIpc) is 2.67. The summed E-state index contributed by atoms with van der Waals surface area (Å²) in [6, 6.07) is 12.1. The highest BCUT2D eigenvalue weighted by Crippen LogP contribution is 2.27. The zero-order chi connectivity index (χ0) is 21.6. The summed E-state index contributed by atoms with van der Waals surface area (Å²) in [5.74, 6) is -1.44. The maximum Gasteiger partial charge on any atom is 0.344 e. The summed E-state index contributed by atoms with van der Waals surface area (Å²) in [6.45, 7) is 7.01. The quantitative estimate of drug-likeness (QED) is 0.664. The van der Waals surface area contributed by atoms with Gasteiger partial charge in [-0.05, 0) is 43.0 Å². The molecule has 2 rings (SSSR count). The average molecular weight is 398 g/mol. The Morgan fingerprint density at radius 1 is 1.03 bits per heavy atom. The molecule has 0 radical (unpaired) electrons. The molecule has 0 heterocycles. The molecule has 0 saturated heterocycles. The Bertz CT molecular complexity index is 908. The van der Waals surface area contributed by atoms with Gasteiger partial charge in [0.2, 0.25) is 0 Å². The molecule has 2 aromatic carbocycles. The third-order valence-corrected chi connectivity index (χ3v) is 4.35. The Hall–Kier alpha value is -3.35. The number of aryl methyl sites for hydroxylation is 1. The molecule has 1 atom stereocenters. The summed E-state index contributed by atoms with van der Waals surface area (Å²) in [6.07, 6.45) is -1.02. The van der Waals surface area contributed by atoms with Gasteiger partial charge < -0.3 is 20.5 Å². The Balaban J connectivity index is 1.97. The predicted molar refractivity (Wildman–Crippen MR) is 110 cm³/mol. The van der Waals surface area contributed by atoms with Gasteiger partial charge in [0.1, 0.15) is 5.75 Å². The molecule has 0 aliphatic carbocycles. The van der Waals surface area contributed by atoms with Crippen molar-refractivity contribution in [2.75, 3.05) is 11.9 Å². The van der Waals surface area contributed by atoms with Crippen LogP contribution in [0.1, 0.15) is 48.2 Å². The fourth-order valence-electron chi connectivity index (χ4n) is 2.78. The van der Waals surface area contributed by atoms with Crippen LogP contribution in [-0.2, 0) is 14.3 Å². The third-order valence-electron chi connectivity index (χ3n) is 4.35. The highest BCUT2D eigenvalue weighted by molar-refractivity contribution is 5.97. The lowest BCUT2D eigenvalue weighted by molar-refractivity contribution is -0.155. The highest BCUT2D eigenvalue weighted by Gasteiger charge is 2.21. The second-order valence-corrected chi connectivity index (χ2v) is 6.96. The smallest absolute Gasteiger partial charge is 0.344 e. The number of anilines is 1. The molecular formula is C22H26N2O5. The minimum absolute atomic E-state index is 0.159.